The van der Waals surface area contributed by atoms with E-state index in [1.807, 2.05) is 6.92 Å². The van der Waals surface area contributed by atoms with E-state index in [0.29, 0.717) is 13.0 Å². The molecule has 1 aromatic rings. The highest BCUT2D eigenvalue weighted by Gasteiger charge is 2.22. The van der Waals surface area contributed by atoms with Crippen molar-refractivity contribution >= 4 is 17.3 Å². The first kappa shape index (κ1) is 16.7. The molecule has 0 saturated carbocycles. The van der Waals surface area contributed by atoms with Crippen LogP contribution in [-0.2, 0) is 4.79 Å². The molecule has 0 aromatic heterocycles. The van der Waals surface area contributed by atoms with Crippen molar-refractivity contribution in [1.82, 2.24) is 0 Å². The van der Waals surface area contributed by atoms with Crippen LogP contribution in [0.5, 0.6) is 5.75 Å². The number of carboxylic acids is 1. The summed E-state index contributed by atoms with van der Waals surface area (Å²) in [4.78, 5) is 21.7. The predicted molar refractivity (Wildman–Crippen MR) is 78.8 cm³/mol. The molecule has 0 fully saturated rings. The molecule has 2 N–H and O–H groups in total. The molecule has 1 aromatic carbocycles. The molecule has 1 atom stereocenters. The lowest BCUT2D eigenvalue weighted by atomic mass is 10.1. The summed E-state index contributed by atoms with van der Waals surface area (Å²) in [7, 11) is 0. The van der Waals surface area contributed by atoms with E-state index in [2.05, 4.69) is 5.32 Å². The Hall–Kier alpha value is -2.31. The molecule has 0 spiro atoms. The molecule has 0 heterocycles. The van der Waals surface area contributed by atoms with Crippen molar-refractivity contribution in [2.24, 2.45) is 5.92 Å². The first-order valence-corrected chi connectivity index (χ1v) is 6.88. The van der Waals surface area contributed by atoms with Crippen LogP contribution in [0.2, 0.25) is 0 Å². The summed E-state index contributed by atoms with van der Waals surface area (Å²) in [6.45, 7) is 4.18. The molecular weight excluding hydrogens is 276 g/mol. The quantitative estimate of drug-likeness (QED) is 0.536. The zero-order valence-corrected chi connectivity index (χ0v) is 12.2. The molecule has 116 valence electrons. The van der Waals surface area contributed by atoms with Gasteiger partial charge in [0.05, 0.1) is 17.4 Å². The molecular formula is C14H20N2O5. The minimum Gasteiger partial charge on any atom is -0.487 e. The van der Waals surface area contributed by atoms with Crippen molar-refractivity contribution in [3.63, 3.8) is 0 Å². The number of benzene rings is 1. The third-order valence-corrected chi connectivity index (χ3v) is 3.02. The molecule has 7 heteroatoms. The third kappa shape index (κ3) is 4.62. The van der Waals surface area contributed by atoms with Crippen LogP contribution in [0, 0.1) is 16.0 Å². The lowest BCUT2D eigenvalue weighted by molar-refractivity contribution is -0.385. The molecule has 0 radical (unpaired) electrons. The molecule has 0 amide bonds. The van der Waals surface area contributed by atoms with Crippen LogP contribution in [0.15, 0.2) is 18.2 Å². The van der Waals surface area contributed by atoms with Gasteiger partial charge >= 0.3 is 11.7 Å². The average Bonchev–Trinajstić information content (AvgIpc) is 2.45. The number of ether oxygens (including phenoxy) is 1. The summed E-state index contributed by atoms with van der Waals surface area (Å²) in [6, 6.07) is 4.72. The van der Waals surface area contributed by atoms with E-state index in [0.717, 1.165) is 6.42 Å². The highest BCUT2D eigenvalue weighted by Crippen LogP contribution is 2.35. The third-order valence-electron chi connectivity index (χ3n) is 3.02. The van der Waals surface area contributed by atoms with Gasteiger partial charge in [-0.15, -0.1) is 0 Å². The van der Waals surface area contributed by atoms with Gasteiger partial charge in [-0.1, -0.05) is 19.9 Å². The van der Waals surface area contributed by atoms with Gasteiger partial charge in [-0.25, -0.2) is 0 Å². The summed E-state index contributed by atoms with van der Waals surface area (Å²) < 4.78 is 5.37. The Morgan fingerprint density at radius 1 is 1.48 bits per heavy atom. The van der Waals surface area contributed by atoms with Gasteiger partial charge in [0.1, 0.15) is 5.69 Å². The van der Waals surface area contributed by atoms with E-state index in [-0.39, 0.29) is 23.7 Å². The summed E-state index contributed by atoms with van der Waals surface area (Å²) >= 11 is 0. The second-order valence-corrected chi connectivity index (χ2v) is 4.58. The molecule has 1 rings (SSSR count). The van der Waals surface area contributed by atoms with E-state index >= 15 is 0 Å². The van der Waals surface area contributed by atoms with Gasteiger partial charge in [-0.05, 0) is 25.0 Å². The van der Waals surface area contributed by atoms with Crippen molar-refractivity contribution < 1.29 is 19.6 Å². The highest BCUT2D eigenvalue weighted by molar-refractivity contribution is 5.72. The van der Waals surface area contributed by atoms with Crippen LogP contribution in [-0.4, -0.2) is 29.2 Å². The molecule has 0 bridgehead atoms. The second-order valence-electron chi connectivity index (χ2n) is 4.58. The van der Waals surface area contributed by atoms with Crippen LogP contribution in [0.1, 0.15) is 26.7 Å². The summed E-state index contributed by atoms with van der Waals surface area (Å²) in [5.74, 6) is -1.33. The van der Waals surface area contributed by atoms with Gasteiger partial charge in [-0.2, -0.15) is 0 Å². The van der Waals surface area contributed by atoms with Crippen molar-refractivity contribution in [2.75, 3.05) is 18.5 Å². The fourth-order valence-electron chi connectivity index (χ4n) is 1.82. The van der Waals surface area contributed by atoms with E-state index in [1.54, 1.807) is 19.1 Å². The summed E-state index contributed by atoms with van der Waals surface area (Å²) in [5, 5.41) is 23.1. The number of anilines is 1. The smallest absolute Gasteiger partial charge is 0.333 e. The summed E-state index contributed by atoms with van der Waals surface area (Å²) in [5.41, 5.74) is 0.111. The van der Waals surface area contributed by atoms with Gasteiger partial charge in [0.2, 0.25) is 0 Å². The number of carbonyl (C=O) groups is 1. The maximum atomic E-state index is 11.2. The zero-order valence-electron chi connectivity index (χ0n) is 12.2. The molecule has 21 heavy (non-hydrogen) atoms. The minimum absolute atomic E-state index is 0.129. The minimum atomic E-state index is -0.925. The van der Waals surface area contributed by atoms with E-state index < -0.39 is 16.8 Å². The SMILES string of the molecule is CCCOc1cccc(NCC(CC)C(=O)O)c1[N+](=O)[O-]. The molecule has 7 nitrogen and oxygen atoms in total. The number of nitro groups is 1. The van der Waals surface area contributed by atoms with Gasteiger partial charge in [-0.3, -0.25) is 14.9 Å². The first-order chi connectivity index (χ1) is 10.0. The highest BCUT2D eigenvalue weighted by atomic mass is 16.6. The Kier molecular flexibility index (Phi) is 6.45. The van der Waals surface area contributed by atoms with Crippen LogP contribution in [0.4, 0.5) is 11.4 Å². The number of aliphatic carboxylic acids is 1. The monoisotopic (exact) mass is 296 g/mol. The topological polar surface area (TPSA) is 102 Å². The van der Waals surface area contributed by atoms with Gasteiger partial charge < -0.3 is 15.2 Å². The summed E-state index contributed by atoms with van der Waals surface area (Å²) in [6.07, 6.45) is 1.19. The number of nitro benzene ring substituents is 1. The van der Waals surface area contributed by atoms with E-state index in [4.69, 9.17) is 9.84 Å². The maximum Gasteiger partial charge on any atom is 0.333 e. The molecule has 0 aliphatic carbocycles. The number of hydrogen-bond donors (Lipinski definition) is 2. The second kappa shape index (κ2) is 8.08. The number of nitrogens with one attached hydrogen (secondary N) is 1. The molecule has 0 aliphatic heterocycles. The van der Waals surface area contributed by atoms with Crippen molar-refractivity contribution in [2.45, 2.75) is 26.7 Å². The van der Waals surface area contributed by atoms with Gasteiger partial charge in [0, 0.05) is 6.54 Å². The van der Waals surface area contributed by atoms with Crippen molar-refractivity contribution in [1.29, 1.82) is 0 Å². The fraction of sp³-hybridized carbons (Fsp3) is 0.500. The Bertz CT molecular complexity index is 504. The van der Waals surface area contributed by atoms with E-state index in [1.165, 1.54) is 6.07 Å². The number of rotatable bonds is 9. The van der Waals surface area contributed by atoms with E-state index in [9.17, 15) is 14.9 Å². The van der Waals surface area contributed by atoms with Crippen LogP contribution in [0.3, 0.4) is 0 Å². The average molecular weight is 296 g/mol. The Balaban J connectivity index is 2.95. The normalized spacial score (nSPS) is 11.7. The molecule has 1 unspecified atom stereocenters. The van der Waals surface area contributed by atoms with Gasteiger partial charge in [0.25, 0.3) is 0 Å². The molecule has 0 saturated heterocycles. The Morgan fingerprint density at radius 3 is 2.71 bits per heavy atom. The van der Waals surface area contributed by atoms with Crippen molar-refractivity contribution in [3.05, 3.63) is 28.3 Å². The number of carboxylic acid groups (broad SMARTS) is 1. The lowest BCUT2D eigenvalue weighted by Gasteiger charge is -2.14. The van der Waals surface area contributed by atoms with Crippen LogP contribution >= 0.6 is 0 Å². The maximum absolute atomic E-state index is 11.2. The number of nitrogens with zero attached hydrogens (tertiary/aromatic N) is 1. The Morgan fingerprint density at radius 2 is 2.19 bits per heavy atom. The molecule has 0 aliphatic rings. The number of hydrogen-bond acceptors (Lipinski definition) is 5. The fourth-order valence-corrected chi connectivity index (χ4v) is 1.82. The van der Waals surface area contributed by atoms with Crippen LogP contribution < -0.4 is 10.1 Å². The lowest BCUT2D eigenvalue weighted by Crippen LogP contribution is -2.22. The standard InChI is InChI=1S/C14H20N2O5/c1-3-8-21-12-7-5-6-11(13(12)16(19)20)15-9-10(4-2)14(17)18/h5-7,10,15H,3-4,8-9H2,1-2H3,(H,17,18). The first-order valence-electron chi connectivity index (χ1n) is 6.88. The zero-order chi connectivity index (χ0) is 15.8. The number of para-hydroxylation sites is 1. The van der Waals surface area contributed by atoms with Gasteiger partial charge in [0.15, 0.2) is 5.75 Å². The largest absolute Gasteiger partial charge is 0.487 e. The Labute approximate surface area is 123 Å². The predicted octanol–water partition coefficient (Wildman–Crippen LogP) is 2.91. The van der Waals surface area contributed by atoms with Crippen molar-refractivity contribution in [3.8, 4) is 5.75 Å². The van der Waals surface area contributed by atoms with Crippen LogP contribution in [0.25, 0.3) is 0 Å².